The summed E-state index contributed by atoms with van der Waals surface area (Å²) in [7, 11) is 1.67. The van der Waals surface area contributed by atoms with Gasteiger partial charge in [0, 0.05) is 31.8 Å². The second-order valence-electron chi connectivity index (χ2n) is 6.88. The number of fused-ring (bicyclic) bond motifs is 2. The lowest BCUT2D eigenvalue weighted by Gasteiger charge is -2.26. The lowest BCUT2D eigenvalue weighted by Crippen LogP contribution is -2.35. The molecule has 4 amide bonds. The molecular weight excluding hydrogens is 374 g/mol. The molecule has 148 valence electrons. The van der Waals surface area contributed by atoms with Crippen molar-refractivity contribution < 1.29 is 23.9 Å². The lowest BCUT2D eigenvalue weighted by molar-refractivity contribution is -0.121. The molecule has 0 radical (unpaired) electrons. The monoisotopic (exact) mass is 393 g/mol. The fraction of sp³-hybridized carbons (Fsp3) is 0.238. The Labute approximate surface area is 167 Å². The fourth-order valence-corrected chi connectivity index (χ4v) is 3.42. The number of rotatable bonds is 5. The predicted octanol–water partition coefficient (Wildman–Crippen LogP) is 2.06. The van der Waals surface area contributed by atoms with E-state index < -0.39 is 0 Å². The molecule has 8 nitrogen and oxygen atoms in total. The summed E-state index contributed by atoms with van der Waals surface area (Å²) in [5.41, 5.74) is 2.00. The van der Waals surface area contributed by atoms with Crippen molar-refractivity contribution in [2.24, 2.45) is 0 Å². The number of carbonyl (C=O) groups excluding carboxylic acids is 4. The van der Waals surface area contributed by atoms with E-state index in [1.54, 1.807) is 49.5 Å². The summed E-state index contributed by atoms with van der Waals surface area (Å²) in [5.74, 6) is -0.492. The number of carbonyl (C=O) groups is 4. The van der Waals surface area contributed by atoms with Gasteiger partial charge in [-0.1, -0.05) is 12.1 Å². The topological polar surface area (TPSA) is 96.0 Å². The van der Waals surface area contributed by atoms with Gasteiger partial charge in [-0.05, 0) is 30.7 Å². The number of ether oxygens (including phenoxy) is 1. The highest BCUT2D eigenvalue weighted by molar-refractivity contribution is 6.21. The zero-order valence-corrected chi connectivity index (χ0v) is 15.8. The highest BCUT2D eigenvalue weighted by atomic mass is 16.5. The quantitative estimate of drug-likeness (QED) is 0.785. The van der Waals surface area contributed by atoms with Crippen molar-refractivity contribution in [1.29, 1.82) is 0 Å². The van der Waals surface area contributed by atoms with Crippen molar-refractivity contribution >= 4 is 35.0 Å². The third kappa shape index (κ3) is 3.44. The van der Waals surface area contributed by atoms with Gasteiger partial charge in [0.1, 0.15) is 5.75 Å². The molecule has 2 aromatic carbocycles. The molecule has 0 saturated carbocycles. The summed E-state index contributed by atoms with van der Waals surface area (Å²) in [5, 5.41) is 2.77. The van der Waals surface area contributed by atoms with Crippen molar-refractivity contribution in [3.05, 3.63) is 53.6 Å². The molecule has 0 saturated heterocycles. The van der Waals surface area contributed by atoms with Crippen LogP contribution >= 0.6 is 0 Å². The number of benzene rings is 2. The van der Waals surface area contributed by atoms with Crippen LogP contribution in [0, 0.1) is 0 Å². The van der Waals surface area contributed by atoms with E-state index >= 15 is 0 Å². The Balaban J connectivity index is 1.32. The van der Waals surface area contributed by atoms with Gasteiger partial charge in [-0.25, -0.2) is 0 Å². The summed E-state index contributed by atoms with van der Waals surface area (Å²) in [6, 6.07) is 11.8. The summed E-state index contributed by atoms with van der Waals surface area (Å²) >= 11 is 0. The molecule has 4 rings (SSSR count). The number of imide groups is 1. The van der Waals surface area contributed by atoms with E-state index in [1.165, 1.54) is 9.80 Å². The van der Waals surface area contributed by atoms with Crippen molar-refractivity contribution in [3.8, 4) is 5.75 Å². The van der Waals surface area contributed by atoms with Gasteiger partial charge in [-0.2, -0.15) is 0 Å². The van der Waals surface area contributed by atoms with E-state index in [9.17, 15) is 19.2 Å². The van der Waals surface area contributed by atoms with Gasteiger partial charge in [-0.3, -0.25) is 24.1 Å². The first-order valence-electron chi connectivity index (χ1n) is 9.24. The highest BCUT2D eigenvalue weighted by Crippen LogP contribution is 2.33. The van der Waals surface area contributed by atoms with Crippen LogP contribution in [0.1, 0.15) is 33.6 Å². The molecule has 2 aromatic rings. The molecule has 2 heterocycles. The fourth-order valence-electron chi connectivity index (χ4n) is 3.42. The van der Waals surface area contributed by atoms with Gasteiger partial charge >= 0.3 is 0 Å². The Morgan fingerprint density at radius 3 is 2.45 bits per heavy atom. The lowest BCUT2D eigenvalue weighted by atomic mass is 10.1. The number of hydrogen-bond donors (Lipinski definition) is 1. The normalized spacial score (nSPS) is 15.1. The van der Waals surface area contributed by atoms with E-state index in [2.05, 4.69) is 5.32 Å². The standard InChI is InChI=1S/C21H19N3O5/c1-23-16-9-8-13(11-17(16)29-12-19(23)26)22-18(25)7-4-10-24-20(27)14-5-2-3-6-15(14)21(24)28/h2-3,5-6,8-9,11H,4,7,10,12H2,1H3,(H,22,25). The van der Waals surface area contributed by atoms with Crippen LogP contribution in [-0.4, -0.2) is 48.7 Å². The van der Waals surface area contributed by atoms with E-state index in [1.807, 2.05) is 0 Å². The smallest absolute Gasteiger partial charge is 0.264 e. The van der Waals surface area contributed by atoms with Gasteiger partial charge < -0.3 is 15.0 Å². The first-order valence-corrected chi connectivity index (χ1v) is 9.24. The van der Waals surface area contributed by atoms with E-state index in [-0.39, 0.29) is 43.2 Å². The Bertz CT molecular complexity index is 998. The number of nitrogens with zero attached hydrogens (tertiary/aromatic N) is 2. The van der Waals surface area contributed by atoms with E-state index in [4.69, 9.17) is 4.74 Å². The predicted molar refractivity (Wildman–Crippen MR) is 105 cm³/mol. The molecule has 0 aromatic heterocycles. The molecule has 2 aliphatic heterocycles. The van der Waals surface area contributed by atoms with Gasteiger partial charge in [-0.15, -0.1) is 0 Å². The third-order valence-corrected chi connectivity index (χ3v) is 4.99. The number of amides is 4. The first kappa shape index (κ1) is 18.7. The maximum atomic E-state index is 12.3. The number of anilines is 2. The second-order valence-corrected chi connectivity index (χ2v) is 6.88. The van der Waals surface area contributed by atoms with Crippen LogP contribution in [0.25, 0.3) is 0 Å². The van der Waals surface area contributed by atoms with Crippen molar-refractivity contribution in [2.45, 2.75) is 12.8 Å². The van der Waals surface area contributed by atoms with Gasteiger partial charge in [0.2, 0.25) is 5.91 Å². The molecule has 2 aliphatic rings. The number of likely N-dealkylation sites (N-methyl/N-ethyl adjacent to an activating group) is 1. The maximum absolute atomic E-state index is 12.3. The van der Waals surface area contributed by atoms with Crippen molar-refractivity contribution in [1.82, 2.24) is 4.90 Å². The Kier molecular flexibility index (Phi) is 4.75. The molecule has 0 aliphatic carbocycles. The largest absolute Gasteiger partial charge is 0.481 e. The third-order valence-electron chi connectivity index (χ3n) is 4.99. The minimum Gasteiger partial charge on any atom is -0.481 e. The molecule has 29 heavy (non-hydrogen) atoms. The first-order chi connectivity index (χ1) is 14.0. The van der Waals surface area contributed by atoms with Gasteiger partial charge in [0.05, 0.1) is 16.8 Å². The van der Waals surface area contributed by atoms with Crippen LogP contribution in [0.15, 0.2) is 42.5 Å². The van der Waals surface area contributed by atoms with Crippen LogP contribution in [0.5, 0.6) is 5.75 Å². The molecule has 0 spiro atoms. The van der Waals surface area contributed by atoms with Crippen LogP contribution in [0.2, 0.25) is 0 Å². The number of nitrogens with one attached hydrogen (secondary N) is 1. The van der Waals surface area contributed by atoms with Gasteiger partial charge in [0.25, 0.3) is 17.7 Å². The molecule has 0 fully saturated rings. The highest BCUT2D eigenvalue weighted by Gasteiger charge is 2.34. The van der Waals surface area contributed by atoms with Crippen LogP contribution in [0.3, 0.4) is 0 Å². The molecule has 8 heteroatoms. The van der Waals surface area contributed by atoms with Crippen LogP contribution in [-0.2, 0) is 9.59 Å². The van der Waals surface area contributed by atoms with Crippen LogP contribution < -0.4 is 15.0 Å². The Hall–Kier alpha value is -3.68. The average molecular weight is 393 g/mol. The van der Waals surface area contributed by atoms with Crippen LogP contribution in [0.4, 0.5) is 11.4 Å². The van der Waals surface area contributed by atoms with E-state index in [0.29, 0.717) is 34.7 Å². The molecule has 0 atom stereocenters. The second kappa shape index (κ2) is 7.38. The van der Waals surface area contributed by atoms with Crippen molar-refractivity contribution in [2.75, 3.05) is 30.4 Å². The average Bonchev–Trinajstić information content (AvgIpc) is 2.96. The zero-order chi connectivity index (χ0) is 20.5. The Morgan fingerprint density at radius 1 is 1.07 bits per heavy atom. The van der Waals surface area contributed by atoms with Gasteiger partial charge in [0.15, 0.2) is 6.61 Å². The van der Waals surface area contributed by atoms with E-state index in [0.717, 1.165) is 0 Å². The zero-order valence-electron chi connectivity index (χ0n) is 15.8. The molecular formula is C21H19N3O5. The minimum absolute atomic E-state index is 0.0405. The SMILES string of the molecule is CN1C(=O)COc2cc(NC(=O)CCCN3C(=O)c4ccccc4C3=O)ccc21. The van der Waals surface area contributed by atoms with Crippen molar-refractivity contribution in [3.63, 3.8) is 0 Å². The molecule has 0 bridgehead atoms. The Morgan fingerprint density at radius 2 is 1.76 bits per heavy atom. The summed E-state index contributed by atoms with van der Waals surface area (Å²) < 4.78 is 5.41. The summed E-state index contributed by atoms with van der Waals surface area (Å²) in [6.45, 7) is 0.140. The minimum atomic E-state index is -0.323. The molecule has 1 N–H and O–H groups in total. The maximum Gasteiger partial charge on any atom is 0.264 e. The number of hydrogen-bond acceptors (Lipinski definition) is 5. The molecule has 0 unspecified atom stereocenters. The summed E-state index contributed by atoms with van der Waals surface area (Å²) in [4.78, 5) is 51.2. The summed E-state index contributed by atoms with van der Waals surface area (Å²) in [6.07, 6.45) is 0.514.